The van der Waals surface area contributed by atoms with Crippen LogP contribution in [0.3, 0.4) is 0 Å². The Morgan fingerprint density at radius 3 is 2.39 bits per heavy atom. The first-order valence-electron chi connectivity index (χ1n) is 6.11. The van der Waals surface area contributed by atoms with Gasteiger partial charge < -0.3 is 15.4 Å². The number of alkyl halides is 3. The van der Waals surface area contributed by atoms with E-state index in [2.05, 4.69) is 15.4 Å². The van der Waals surface area contributed by atoms with Gasteiger partial charge in [-0.15, -0.1) is 13.2 Å². The molecule has 0 atom stereocenters. The monoisotopic (exact) mass is 348 g/mol. The second-order valence-corrected chi connectivity index (χ2v) is 4.75. The highest BCUT2D eigenvalue weighted by atomic mass is 35.5. The Hall–Kier alpha value is -2.48. The number of halogens is 5. The average molecular weight is 349 g/mol. The van der Waals surface area contributed by atoms with Gasteiger partial charge in [0, 0.05) is 28.5 Å². The summed E-state index contributed by atoms with van der Waals surface area (Å²) in [7, 11) is 0. The van der Waals surface area contributed by atoms with Crippen LogP contribution in [0.25, 0.3) is 0 Å². The van der Waals surface area contributed by atoms with Crippen molar-refractivity contribution in [2.75, 3.05) is 10.6 Å². The van der Waals surface area contributed by atoms with Gasteiger partial charge in [-0.2, -0.15) is 0 Å². The highest BCUT2D eigenvalue weighted by Gasteiger charge is 2.31. The second-order valence-electron chi connectivity index (χ2n) is 4.31. The molecule has 0 spiro atoms. The van der Waals surface area contributed by atoms with Crippen LogP contribution in [-0.4, -0.2) is 12.4 Å². The number of carbonyl (C=O) groups is 1. The quantitative estimate of drug-likeness (QED) is 0.765. The first-order chi connectivity index (χ1) is 10.7. The molecule has 2 aromatic rings. The lowest BCUT2D eigenvalue weighted by Gasteiger charge is -2.12. The van der Waals surface area contributed by atoms with Crippen molar-refractivity contribution in [1.82, 2.24) is 0 Å². The van der Waals surface area contributed by atoms with E-state index in [1.807, 2.05) is 0 Å². The van der Waals surface area contributed by atoms with Crippen LogP contribution in [0.15, 0.2) is 42.5 Å². The predicted octanol–water partition coefficient (Wildman–Crippen LogP) is 5.02. The molecule has 0 saturated heterocycles. The van der Waals surface area contributed by atoms with Crippen molar-refractivity contribution < 1.29 is 27.1 Å². The summed E-state index contributed by atoms with van der Waals surface area (Å²) < 4.78 is 53.3. The van der Waals surface area contributed by atoms with Gasteiger partial charge in [-0.25, -0.2) is 9.18 Å². The molecule has 0 fully saturated rings. The molecule has 4 nitrogen and oxygen atoms in total. The van der Waals surface area contributed by atoms with Crippen LogP contribution in [0.4, 0.5) is 33.7 Å². The Kier molecular flexibility index (Phi) is 4.95. The Labute approximate surface area is 133 Å². The van der Waals surface area contributed by atoms with Crippen molar-refractivity contribution in [3.8, 4) is 5.75 Å². The van der Waals surface area contributed by atoms with Gasteiger partial charge in [0.05, 0.1) is 0 Å². The number of amides is 2. The molecule has 0 radical (unpaired) electrons. The van der Waals surface area contributed by atoms with Crippen molar-refractivity contribution in [3.63, 3.8) is 0 Å². The first kappa shape index (κ1) is 16.9. The van der Waals surface area contributed by atoms with E-state index >= 15 is 0 Å². The van der Waals surface area contributed by atoms with Crippen LogP contribution >= 0.6 is 11.6 Å². The summed E-state index contributed by atoms with van der Waals surface area (Å²) in [5, 5.41) is 4.98. The molecule has 0 aliphatic carbocycles. The zero-order chi connectivity index (χ0) is 17.0. The molecule has 0 unspecified atom stereocenters. The molecule has 2 aromatic carbocycles. The van der Waals surface area contributed by atoms with E-state index in [-0.39, 0.29) is 5.69 Å². The van der Waals surface area contributed by atoms with Crippen LogP contribution in [0, 0.1) is 5.82 Å². The molecule has 0 bridgehead atoms. The number of benzene rings is 2. The Morgan fingerprint density at radius 2 is 1.74 bits per heavy atom. The number of urea groups is 1. The zero-order valence-electron chi connectivity index (χ0n) is 11.2. The summed E-state index contributed by atoms with van der Waals surface area (Å²) in [5.74, 6) is -1.78. The maximum Gasteiger partial charge on any atom is 0.573 e. The fourth-order valence-electron chi connectivity index (χ4n) is 1.69. The van der Waals surface area contributed by atoms with Crippen molar-refractivity contribution >= 4 is 29.0 Å². The van der Waals surface area contributed by atoms with Gasteiger partial charge in [-0.05, 0) is 24.3 Å². The molecule has 23 heavy (non-hydrogen) atoms. The molecule has 2 amide bonds. The molecule has 0 aliphatic heterocycles. The van der Waals surface area contributed by atoms with Crippen molar-refractivity contribution in [3.05, 3.63) is 53.3 Å². The number of hydrogen-bond acceptors (Lipinski definition) is 2. The Bertz CT molecular complexity index is 722. The number of hydrogen-bond donors (Lipinski definition) is 2. The van der Waals surface area contributed by atoms with E-state index < -0.39 is 24.0 Å². The minimum absolute atomic E-state index is 0.205. The van der Waals surface area contributed by atoms with E-state index in [1.165, 1.54) is 6.07 Å². The SMILES string of the molecule is O=C(Nc1cccc(Cl)c1)Nc1cc(F)cc(OC(F)(F)F)c1. The van der Waals surface area contributed by atoms with E-state index in [9.17, 15) is 22.4 Å². The summed E-state index contributed by atoms with van der Waals surface area (Å²) in [6, 6.07) is 7.66. The lowest BCUT2D eigenvalue weighted by atomic mass is 10.3. The summed E-state index contributed by atoms with van der Waals surface area (Å²) in [6.45, 7) is 0. The standard InChI is InChI=1S/C14H9ClF4N2O2/c15-8-2-1-3-10(4-8)20-13(22)21-11-5-9(16)6-12(7-11)23-14(17,18)19/h1-7H,(H2,20,21,22). The molecule has 0 heterocycles. The van der Waals surface area contributed by atoms with Crippen LogP contribution in [0.1, 0.15) is 0 Å². The van der Waals surface area contributed by atoms with Gasteiger partial charge in [0.2, 0.25) is 0 Å². The van der Waals surface area contributed by atoms with Gasteiger partial charge in [0.25, 0.3) is 0 Å². The summed E-state index contributed by atoms with van der Waals surface area (Å²) in [6.07, 6.45) is -4.96. The highest BCUT2D eigenvalue weighted by Crippen LogP contribution is 2.26. The van der Waals surface area contributed by atoms with Gasteiger partial charge in [0.1, 0.15) is 11.6 Å². The highest BCUT2D eigenvalue weighted by molar-refractivity contribution is 6.30. The number of carbonyl (C=O) groups excluding carboxylic acids is 1. The van der Waals surface area contributed by atoms with Crippen molar-refractivity contribution in [2.45, 2.75) is 6.36 Å². The average Bonchev–Trinajstić information content (AvgIpc) is 2.35. The molecule has 0 saturated carbocycles. The Morgan fingerprint density at radius 1 is 1.04 bits per heavy atom. The molecule has 9 heteroatoms. The Balaban J connectivity index is 2.08. The van der Waals surface area contributed by atoms with Crippen molar-refractivity contribution in [2.24, 2.45) is 0 Å². The van der Waals surface area contributed by atoms with Gasteiger partial charge in [0.15, 0.2) is 0 Å². The predicted molar refractivity (Wildman–Crippen MR) is 77.2 cm³/mol. The third-order valence-electron chi connectivity index (χ3n) is 2.45. The lowest BCUT2D eigenvalue weighted by molar-refractivity contribution is -0.274. The summed E-state index contributed by atoms with van der Waals surface area (Å²) in [4.78, 5) is 11.8. The normalized spacial score (nSPS) is 11.0. The van der Waals surface area contributed by atoms with Gasteiger partial charge in [-0.1, -0.05) is 17.7 Å². The van der Waals surface area contributed by atoms with E-state index in [4.69, 9.17) is 11.6 Å². The van der Waals surface area contributed by atoms with Crippen LogP contribution < -0.4 is 15.4 Å². The fraction of sp³-hybridized carbons (Fsp3) is 0.0714. The third kappa shape index (κ3) is 5.67. The smallest absolute Gasteiger partial charge is 0.406 e. The fourth-order valence-corrected chi connectivity index (χ4v) is 1.88. The third-order valence-corrected chi connectivity index (χ3v) is 2.68. The lowest BCUT2D eigenvalue weighted by Crippen LogP contribution is -2.20. The summed E-state index contributed by atoms with van der Waals surface area (Å²) in [5.41, 5.74) is 0.155. The minimum atomic E-state index is -4.96. The van der Waals surface area contributed by atoms with E-state index in [0.29, 0.717) is 16.8 Å². The van der Waals surface area contributed by atoms with Gasteiger partial charge >= 0.3 is 12.4 Å². The maximum absolute atomic E-state index is 13.3. The topological polar surface area (TPSA) is 50.4 Å². The minimum Gasteiger partial charge on any atom is -0.406 e. The molecular weight excluding hydrogens is 340 g/mol. The number of ether oxygens (including phenoxy) is 1. The van der Waals surface area contributed by atoms with Crippen LogP contribution in [0.5, 0.6) is 5.75 Å². The largest absolute Gasteiger partial charge is 0.573 e. The van der Waals surface area contributed by atoms with Crippen molar-refractivity contribution in [1.29, 1.82) is 0 Å². The molecule has 2 N–H and O–H groups in total. The van der Waals surface area contributed by atoms with E-state index in [0.717, 1.165) is 12.1 Å². The number of anilines is 2. The van der Waals surface area contributed by atoms with Crippen LogP contribution in [-0.2, 0) is 0 Å². The molecular formula is C14H9ClF4N2O2. The number of nitrogens with one attached hydrogen (secondary N) is 2. The van der Waals surface area contributed by atoms with Gasteiger partial charge in [-0.3, -0.25) is 0 Å². The summed E-state index contributed by atoms with van der Waals surface area (Å²) >= 11 is 5.75. The van der Waals surface area contributed by atoms with Crippen LogP contribution in [0.2, 0.25) is 5.02 Å². The second kappa shape index (κ2) is 6.74. The molecule has 0 aliphatic rings. The number of rotatable bonds is 3. The van der Waals surface area contributed by atoms with E-state index in [1.54, 1.807) is 18.2 Å². The molecule has 2 rings (SSSR count). The zero-order valence-corrected chi connectivity index (χ0v) is 12.0. The molecule has 0 aromatic heterocycles. The first-order valence-corrected chi connectivity index (χ1v) is 6.49. The molecule has 122 valence electrons. The maximum atomic E-state index is 13.3.